The third kappa shape index (κ3) is 4.74. The van der Waals surface area contributed by atoms with Gasteiger partial charge in [-0.2, -0.15) is 0 Å². The summed E-state index contributed by atoms with van der Waals surface area (Å²) in [5.74, 6) is 1.01. The summed E-state index contributed by atoms with van der Waals surface area (Å²) in [6, 6.07) is 5.96. The van der Waals surface area contributed by atoms with E-state index in [1.807, 2.05) is 57.3 Å². The highest BCUT2D eigenvalue weighted by Crippen LogP contribution is 2.26. The molecule has 24 heavy (non-hydrogen) atoms. The molecule has 1 aromatic rings. The van der Waals surface area contributed by atoms with E-state index in [-0.39, 0.29) is 5.12 Å². The van der Waals surface area contributed by atoms with Crippen LogP contribution < -0.4 is 4.90 Å². The average molecular weight is 343 g/mol. The zero-order valence-electron chi connectivity index (χ0n) is 14.7. The minimum atomic E-state index is 0.0720. The first kappa shape index (κ1) is 18.3. The Morgan fingerprint density at radius 2 is 1.96 bits per heavy atom. The van der Waals surface area contributed by atoms with Crippen LogP contribution >= 0.6 is 11.8 Å². The summed E-state index contributed by atoms with van der Waals surface area (Å²) in [4.78, 5) is 21.2. The topological polar surface area (TPSA) is 36.4 Å². The number of hydrogen-bond donors (Lipinski definition) is 0. The maximum atomic E-state index is 12.4. The lowest BCUT2D eigenvalue weighted by Crippen LogP contribution is -2.45. The Morgan fingerprint density at radius 1 is 1.25 bits per heavy atom. The van der Waals surface area contributed by atoms with E-state index < -0.39 is 0 Å². The molecule has 0 atom stereocenters. The molecule has 2 rings (SSSR count). The molecule has 0 amide bonds. The summed E-state index contributed by atoms with van der Waals surface area (Å²) in [5, 5.41) is 0.899. The lowest BCUT2D eigenvalue weighted by molar-refractivity contribution is -0.107. The van der Waals surface area contributed by atoms with Crippen LogP contribution in [0.5, 0.6) is 0 Å². The normalized spacial score (nSPS) is 16.3. The summed E-state index contributed by atoms with van der Waals surface area (Å²) in [7, 11) is 0. The SMILES string of the molecule is C=C(SC(=O)/C(C)=C(C)/C=C\C)N1CCN(c2ccccn2)CC1. The van der Waals surface area contributed by atoms with Gasteiger partial charge in [0.1, 0.15) is 5.82 Å². The standard InChI is InChI=1S/C19H25N3OS/c1-5-8-15(2)16(3)19(23)24-17(4)21-11-13-22(14-12-21)18-9-6-7-10-20-18/h5-10H,4,11-14H2,1-3H3/b8-5-,16-15+. The average Bonchev–Trinajstić information content (AvgIpc) is 2.62. The van der Waals surface area contributed by atoms with E-state index in [0.29, 0.717) is 0 Å². The maximum absolute atomic E-state index is 12.4. The van der Waals surface area contributed by atoms with Gasteiger partial charge in [0, 0.05) is 37.9 Å². The van der Waals surface area contributed by atoms with Crippen molar-refractivity contribution in [3.05, 3.63) is 59.3 Å². The second-order valence-corrected chi connectivity index (χ2v) is 6.80. The van der Waals surface area contributed by atoms with Gasteiger partial charge in [-0.15, -0.1) is 0 Å². The number of thioether (sulfide) groups is 1. The molecule has 1 saturated heterocycles. The van der Waals surface area contributed by atoms with Gasteiger partial charge in [0.2, 0.25) is 5.12 Å². The van der Waals surface area contributed by atoms with Crippen LogP contribution in [-0.2, 0) is 4.79 Å². The van der Waals surface area contributed by atoms with Crippen molar-refractivity contribution >= 4 is 22.7 Å². The fraction of sp³-hybridized carbons (Fsp3) is 0.368. The molecule has 0 spiro atoms. The number of pyridine rings is 1. The fourth-order valence-electron chi connectivity index (χ4n) is 2.51. The Morgan fingerprint density at radius 3 is 2.54 bits per heavy atom. The lowest BCUT2D eigenvalue weighted by Gasteiger charge is -2.37. The number of nitrogens with zero attached hydrogens (tertiary/aromatic N) is 3. The molecule has 1 aliphatic heterocycles. The van der Waals surface area contributed by atoms with Crippen LogP contribution in [0.3, 0.4) is 0 Å². The highest BCUT2D eigenvalue weighted by Gasteiger charge is 2.21. The molecule has 0 bridgehead atoms. The molecule has 2 heterocycles. The van der Waals surface area contributed by atoms with E-state index in [9.17, 15) is 4.79 Å². The van der Waals surface area contributed by atoms with Crippen molar-refractivity contribution < 1.29 is 4.79 Å². The number of carbonyl (C=O) groups is 1. The Bertz CT molecular complexity index is 644. The third-order valence-corrected chi connectivity index (χ3v) is 5.12. The Hall–Kier alpha value is -2.01. The number of allylic oxidation sites excluding steroid dienone is 3. The first-order valence-corrected chi connectivity index (χ1v) is 8.96. The summed E-state index contributed by atoms with van der Waals surface area (Å²) in [6.45, 7) is 13.4. The molecule has 0 N–H and O–H groups in total. The second kappa shape index (κ2) is 8.73. The molecule has 0 unspecified atom stereocenters. The minimum absolute atomic E-state index is 0.0720. The van der Waals surface area contributed by atoms with Crippen LogP contribution in [0, 0.1) is 0 Å². The van der Waals surface area contributed by atoms with E-state index in [4.69, 9.17) is 0 Å². The molecule has 1 aromatic heterocycles. The molecular weight excluding hydrogens is 318 g/mol. The Labute approximate surface area is 148 Å². The summed E-state index contributed by atoms with van der Waals surface area (Å²) in [5.41, 5.74) is 1.79. The van der Waals surface area contributed by atoms with Crippen LogP contribution in [0.15, 0.2) is 59.3 Å². The van der Waals surface area contributed by atoms with E-state index in [1.54, 1.807) is 0 Å². The number of rotatable bonds is 5. The smallest absolute Gasteiger partial charge is 0.221 e. The molecule has 0 aliphatic carbocycles. The fourth-order valence-corrected chi connectivity index (χ4v) is 3.35. The van der Waals surface area contributed by atoms with Crippen LogP contribution in [0.4, 0.5) is 5.82 Å². The maximum Gasteiger partial charge on any atom is 0.221 e. The Kier molecular flexibility index (Phi) is 6.67. The predicted octanol–water partition coefficient (Wildman–Crippen LogP) is 3.85. The van der Waals surface area contributed by atoms with Crippen LogP contribution in [0.1, 0.15) is 20.8 Å². The van der Waals surface area contributed by atoms with E-state index in [1.165, 1.54) is 11.8 Å². The molecule has 0 aromatic carbocycles. The number of piperazine rings is 1. The zero-order chi connectivity index (χ0) is 17.5. The molecule has 1 fully saturated rings. The number of aromatic nitrogens is 1. The summed E-state index contributed by atoms with van der Waals surface area (Å²) in [6.07, 6.45) is 5.72. The summed E-state index contributed by atoms with van der Waals surface area (Å²) >= 11 is 1.23. The van der Waals surface area contributed by atoms with Crippen molar-refractivity contribution in [1.82, 2.24) is 9.88 Å². The quantitative estimate of drug-likeness (QED) is 0.599. The van der Waals surface area contributed by atoms with Crippen molar-refractivity contribution in [2.75, 3.05) is 31.1 Å². The molecule has 4 nitrogen and oxygen atoms in total. The van der Waals surface area contributed by atoms with Crippen molar-refractivity contribution in [3.63, 3.8) is 0 Å². The van der Waals surface area contributed by atoms with Crippen molar-refractivity contribution in [1.29, 1.82) is 0 Å². The van der Waals surface area contributed by atoms with Gasteiger partial charge in [-0.3, -0.25) is 4.79 Å². The van der Waals surface area contributed by atoms with Crippen LogP contribution in [0.25, 0.3) is 0 Å². The third-order valence-electron chi connectivity index (χ3n) is 4.13. The first-order valence-electron chi connectivity index (χ1n) is 8.15. The predicted molar refractivity (Wildman–Crippen MR) is 103 cm³/mol. The van der Waals surface area contributed by atoms with Gasteiger partial charge in [-0.05, 0) is 50.2 Å². The van der Waals surface area contributed by atoms with Gasteiger partial charge in [0.25, 0.3) is 0 Å². The molecule has 1 aliphatic rings. The molecular formula is C19H25N3OS. The summed E-state index contributed by atoms with van der Waals surface area (Å²) < 4.78 is 0. The van der Waals surface area contributed by atoms with Gasteiger partial charge >= 0.3 is 0 Å². The number of anilines is 1. The minimum Gasteiger partial charge on any atom is -0.363 e. The van der Waals surface area contributed by atoms with Gasteiger partial charge in [0.15, 0.2) is 0 Å². The zero-order valence-corrected chi connectivity index (χ0v) is 15.5. The largest absolute Gasteiger partial charge is 0.363 e. The van der Waals surface area contributed by atoms with Gasteiger partial charge in [-0.25, -0.2) is 4.98 Å². The molecule has 0 saturated carbocycles. The van der Waals surface area contributed by atoms with Gasteiger partial charge < -0.3 is 9.80 Å². The van der Waals surface area contributed by atoms with Gasteiger partial charge in [0.05, 0.1) is 5.03 Å². The first-order chi connectivity index (χ1) is 11.5. The molecule has 0 radical (unpaired) electrons. The van der Waals surface area contributed by atoms with Crippen molar-refractivity contribution in [3.8, 4) is 0 Å². The lowest BCUT2D eigenvalue weighted by atomic mass is 10.1. The second-order valence-electron chi connectivity index (χ2n) is 5.75. The highest BCUT2D eigenvalue weighted by molar-refractivity contribution is 8.17. The van der Waals surface area contributed by atoms with E-state index in [2.05, 4.69) is 21.4 Å². The van der Waals surface area contributed by atoms with Crippen molar-refractivity contribution in [2.24, 2.45) is 0 Å². The van der Waals surface area contributed by atoms with Crippen LogP contribution in [0.2, 0.25) is 0 Å². The van der Waals surface area contributed by atoms with Gasteiger partial charge in [-0.1, -0.05) is 24.8 Å². The highest BCUT2D eigenvalue weighted by atomic mass is 32.2. The monoisotopic (exact) mass is 343 g/mol. The van der Waals surface area contributed by atoms with E-state index in [0.717, 1.165) is 48.2 Å². The number of carbonyl (C=O) groups excluding carboxylic acids is 1. The Balaban J connectivity index is 1.89. The molecule has 128 valence electrons. The molecule has 5 heteroatoms. The number of hydrogen-bond acceptors (Lipinski definition) is 5. The van der Waals surface area contributed by atoms with Crippen molar-refractivity contribution in [2.45, 2.75) is 20.8 Å². The van der Waals surface area contributed by atoms with E-state index >= 15 is 0 Å². The van der Waals surface area contributed by atoms with Crippen LogP contribution in [-0.4, -0.2) is 41.2 Å².